The first-order valence-electron chi connectivity index (χ1n) is 8.21. The first kappa shape index (κ1) is 14.4. The Morgan fingerprint density at radius 2 is 2.00 bits per heavy atom. The second-order valence-corrected chi connectivity index (χ2v) is 6.46. The topological polar surface area (TPSA) is 45.2 Å². The quantitative estimate of drug-likeness (QED) is 0.926. The van der Waals surface area contributed by atoms with Crippen molar-refractivity contribution in [3.05, 3.63) is 23.9 Å². The number of amides is 1. The molecule has 21 heavy (non-hydrogen) atoms. The molecule has 1 aromatic heterocycles. The second-order valence-electron chi connectivity index (χ2n) is 6.46. The Kier molecular flexibility index (Phi) is 4.42. The first-order valence-corrected chi connectivity index (χ1v) is 8.21. The summed E-state index contributed by atoms with van der Waals surface area (Å²) in [6, 6.07) is 4.18. The highest BCUT2D eigenvalue weighted by Gasteiger charge is 2.38. The molecule has 1 amide bonds. The number of carbonyl (C=O) groups is 1. The van der Waals surface area contributed by atoms with E-state index in [4.69, 9.17) is 0 Å². The van der Waals surface area contributed by atoms with Crippen LogP contribution in [0.25, 0.3) is 0 Å². The fraction of sp³-hybridized carbons (Fsp3) is 0.647. The van der Waals surface area contributed by atoms with E-state index in [1.165, 1.54) is 25.7 Å². The number of hydrogen-bond acceptors (Lipinski definition) is 3. The molecule has 2 atom stereocenters. The maximum atomic E-state index is 11.8. The SMILES string of the molecule is C[C@H]1C[C@@H]1C(=O)NCc1ccc(N2CCCCCC2)nc1. The highest BCUT2D eigenvalue weighted by atomic mass is 16.2. The summed E-state index contributed by atoms with van der Waals surface area (Å²) in [4.78, 5) is 18.8. The Labute approximate surface area is 126 Å². The van der Waals surface area contributed by atoms with E-state index in [0.29, 0.717) is 12.5 Å². The fourth-order valence-electron chi connectivity index (χ4n) is 3.02. The minimum Gasteiger partial charge on any atom is -0.357 e. The van der Waals surface area contributed by atoms with Gasteiger partial charge in [-0.15, -0.1) is 0 Å². The standard InChI is InChI=1S/C17H25N3O/c1-13-10-15(13)17(21)19-12-14-6-7-16(18-11-14)20-8-4-2-3-5-9-20/h6-7,11,13,15H,2-5,8-10,12H2,1H3,(H,19,21)/t13-,15-/m0/s1. The smallest absolute Gasteiger partial charge is 0.223 e. The molecule has 0 spiro atoms. The number of rotatable bonds is 4. The third kappa shape index (κ3) is 3.74. The summed E-state index contributed by atoms with van der Waals surface area (Å²) < 4.78 is 0. The molecule has 1 aromatic rings. The molecule has 2 heterocycles. The van der Waals surface area contributed by atoms with Crippen molar-refractivity contribution in [2.24, 2.45) is 11.8 Å². The molecule has 2 aliphatic rings. The molecule has 0 bridgehead atoms. The van der Waals surface area contributed by atoms with Crippen LogP contribution in [0.4, 0.5) is 5.82 Å². The highest BCUT2D eigenvalue weighted by Crippen LogP contribution is 2.37. The number of carbonyl (C=O) groups excluding carboxylic acids is 1. The largest absolute Gasteiger partial charge is 0.357 e. The molecule has 1 saturated carbocycles. The molecular formula is C17H25N3O. The summed E-state index contributed by atoms with van der Waals surface area (Å²) in [5, 5.41) is 3.01. The van der Waals surface area contributed by atoms with Gasteiger partial charge in [-0.3, -0.25) is 4.79 Å². The molecule has 0 aromatic carbocycles. The van der Waals surface area contributed by atoms with Crippen molar-refractivity contribution in [2.75, 3.05) is 18.0 Å². The summed E-state index contributed by atoms with van der Waals surface area (Å²) in [5.74, 6) is 2.07. The molecular weight excluding hydrogens is 262 g/mol. The Balaban J connectivity index is 1.52. The van der Waals surface area contributed by atoms with Crippen LogP contribution < -0.4 is 10.2 Å². The lowest BCUT2D eigenvalue weighted by Crippen LogP contribution is -2.26. The number of hydrogen-bond donors (Lipinski definition) is 1. The number of aromatic nitrogens is 1. The molecule has 114 valence electrons. The van der Waals surface area contributed by atoms with Crippen LogP contribution in [0.15, 0.2) is 18.3 Å². The van der Waals surface area contributed by atoms with Gasteiger partial charge in [0.25, 0.3) is 0 Å². The van der Waals surface area contributed by atoms with Crippen LogP contribution >= 0.6 is 0 Å². The van der Waals surface area contributed by atoms with Crippen molar-refractivity contribution in [3.63, 3.8) is 0 Å². The Morgan fingerprint density at radius 1 is 1.29 bits per heavy atom. The predicted molar refractivity (Wildman–Crippen MR) is 84.0 cm³/mol. The van der Waals surface area contributed by atoms with Gasteiger partial charge < -0.3 is 10.2 Å². The van der Waals surface area contributed by atoms with Crippen LogP contribution in [0.5, 0.6) is 0 Å². The number of anilines is 1. The van der Waals surface area contributed by atoms with Crippen LogP contribution in [0, 0.1) is 11.8 Å². The van der Waals surface area contributed by atoms with Gasteiger partial charge in [0.05, 0.1) is 0 Å². The fourth-order valence-corrected chi connectivity index (χ4v) is 3.02. The first-order chi connectivity index (χ1) is 10.2. The summed E-state index contributed by atoms with van der Waals surface area (Å²) >= 11 is 0. The minimum absolute atomic E-state index is 0.194. The van der Waals surface area contributed by atoms with Gasteiger partial charge in [0.15, 0.2) is 0 Å². The van der Waals surface area contributed by atoms with Crippen molar-refractivity contribution in [3.8, 4) is 0 Å². The molecule has 1 saturated heterocycles. The number of pyridine rings is 1. The average molecular weight is 287 g/mol. The van der Waals surface area contributed by atoms with Gasteiger partial charge in [-0.25, -0.2) is 4.98 Å². The molecule has 0 unspecified atom stereocenters. The zero-order valence-electron chi connectivity index (χ0n) is 12.8. The van der Waals surface area contributed by atoms with E-state index in [9.17, 15) is 4.79 Å². The maximum Gasteiger partial charge on any atom is 0.223 e. The highest BCUT2D eigenvalue weighted by molar-refractivity contribution is 5.81. The zero-order chi connectivity index (χ0) is 14.7. The van der Waals surface area contributed by atoms with E-state index < -0.39 is 0 Å². The molecule has 1 N–H and O–H groups in total. The summed E-state index contributed by atoms with van der Waals surface area (Å²) in [6.45, 7) is 4.95. The van der Waals surface area contributed by atoms with Crippen molar-refractivity contribution in [1.29, 1.82) is 0 Å². The minimum atomic E-state index is 0.194. The van der Waals surface area contributed by atoms with E-state index in [1.807, 2.05) is 6.20 Å². The molecule has 0 radical (unpaired) electrons. The van der Waals surface area contributed by atoms with Gasteiger partial charge in [-0.2, -0.15) is 0 Å². The summed E-state index contributed by atoms with van der Waals surface area (Å²) in [5.41, 5.74) is 1.08. The average Bonchev–Trinajstić information content (AvgIpc) is 3.28. The zero-order valence-corrected chi connectivity index (χ0v) is 12.8. The van der Waals surface area contributed by atoms with Gasteiger partial charge >= 0.3 is 0 Å². The van der Waals surface area contributed by atoms with Crippen LogP contribution in [-0.2, 0) is 11.3 Å². The molecule has 3 rings (SSSR count). The van der Waals surface area contributed by atoms with Gasteiger partial charge in [0.1, 0.15) is 5.82 Å². The number of nitrogens with zero attached hydrogens (tertiary/aromatic N) is 2. The van der Waals surface area contributed by atoms with E-state index in [0.717, 1.165) is 30.9 Å². The lowest BCUT2D eigenvalue weighted by molar-refractivity contribution is -0.122. The van der Waals surface area contributed by atoms with Gasteiger partial charge in [0.2, 0.25) is 5.91 Å². The molecule has 1 aliphatic heterocycles. The van der Waals surface area contributed by atoms with Crippen molar-refractivity contribution < 1.29 is 4.79 Å². The second kappa shape index (κ2) is 6.46. The molecule has 1 aliphatic carbocycles. The van der Waals surface area contributed by atoms with Crippen molar-refractivity contribution in [1.82, 2.24) is 10.3 Å². The normalized spacial score (nSPS) is 25.3. The van der Waals surface area contributed by atoms with E-state index in [-0.39, 0.29) is 11.8 Å². The van der Waals surface area contributed by atoms with Crippen LogP contribution in [0.2, 0.25) is 0 Å². The third-order valence-electron chi connectivity index (χ3n) is 4.65. The van der Waals surface area contributed by atoms with Crippen LogP contribution in [0.3, 0.4) is 0 Å². The van der Waals surface area contributed by atoms with Crippen molar-refractivity contribution in [2.45, 2.75) is 45.6 Å². The van der Waals surface area contributed by atoms with E-state index in [1.54, 1.807) is 0 Å². The van der Waals surface area contributed by atoms with Crippen LogP contribution in [-0.4, -0.2) is 24.0 Å². The predicted octanol–water partition coefficient (Wildman–Crippen LogP) is 2.73. The van der Waals surface area contributed by atoms with Crippen molar-refractivity contribution >= 4 is 11.7 Å². The molecule has 4 heteroatoms. The van der Waals surface area contributed by atoms with E-state index >= 15 is 0 Å². The molecule has 2 fully saturated rings. The number of nitrogens with one attached hydrogen (secondary N) is 1. The maximum absolute atomic E-state index is 11.8. The van der Waals surface area contributed by atoms with Gasteiger partial charge in [-0.05, 0) is 36.8 Å². The lowest BCUT2D eigenvalue weighted by atomic mass is 10.2. The third-order valence-corrected chi connectivity index (χ3v) is 4.65. The van der Waals surface area contributed by atoms with E-state index in [2.05, 4.69) is 34.3 Å². The summed E-state index contributed by atoms with van der Waals surface area (Å²) in [7, 11) is 0. The summed E-state index contributed by atoms with van der Waals surface area (Å²) in [6.07, 6.45) is 8.13. The van der Waals surface area contributed by atoms with Gasteiger partial charge in [-0.1, -0.05) is 25.8 Å². The Morgan fingerprint density at radius 3 is 2.57 bits per heavy atom. The lowest BCUT2D eigenvalue weighted by Gasteiger charge is -2.21. The Hall–Kier alpha value is -1.58. The van der Waals surface area contributed by atoms with Gasteiger partial charge in [0, 0.05) is 31.7 Å². The van der Waals surface area contributed by atoms with Crippen LogP contribution in [0.1, 0.15) is 44.6 Å². The molecule has 4 nitrogen and oxygen atoms in total. The Bertz CT molecular complexity index is 477. The monoisotopic (exact) mass is 287 g/mol.